The standard InChI is InChI=1S/C13H26N2/c1-12-6-2-4-10-15(12)11-5-3-7-13-8-9-14-13/h12-14H,2-11H2,1H3. The third kappa shape index (κ3) is 3.46. The van der Waals surface area contributed by atoms with E-state index >= 15 is 0 Å². The van der Waals surface area contributed by atoms with Crippen LogP contribution in [0.1, 0.15) is 51.9 Å². The largest absolute Gasteiger partial charge is 0.314 e. The third-order valence-corrected chi connectivity index (χ3v) is 4.11. The average molecular weight is 210 g/mol. The molecule has 2 aliphatic rings. The van der Waals surface area contributed by atoms with Gasteiger partial charge in [-0.1, -0.05) is 12.8 Å². The summed E-state index contributed by atoms with van der Waals surface area (Å²) in [4.78, 5) is 2.69. The van der Waals surface area contributed by atoms with E-state index in [0.29, 0.717) is 0 Å². The molecular weight excluding hydrogens is 184 g/mol. The molecule has 2 aliphatic heterocycles. The Morgan fingerprint density at radius 3 is 2.73 bits per heavy atom. The maximum atomic E-state index is 3.48. The zero-order valence-corrected chi connectivity index (χ0v) is 10.2. The average Bonchev–Trinajstić information content (AvgIpc) is 2.17. The van der Waals surface area contributed by atoms with Gasteiger partial charge in [-0.2, -0.15) is 0 Å². The molecule has 2 nitrogen and oxygen atoms in total. The summed E-state index contributed by atoms with van der Waals surface area (Å²) in [7, 11) is 0. The Hall–Kier alpha value is -0.0800. The van der Waals surface area contributed by atoms with Crippen molar-refractivity contribution in [3.63, 3.8) is 0 Å². The first-order chi connectivity index (χ1) is 7.36. The van der Waals surface area contributed by atoms with E-state index in [0.717, 1.165) is 12.1 Å². The Morgan fingerprint density at radius 2 is 2.07 bits per heavy atom. The Balaban J connectivity index is 1.52. The Labute approximate surface area is 94.4 Å². The number of unbranched alkanes of at least 4 members (excludes halogenated alkanes) is 1. The minimum Gasteiger partial charge on any atom is -0.314 e. The molecule has 0 aromatic heterocycles. The number of hydrogen-bond acceptors (Lipinski definition) is 2. The quantitative estimate of drug-likeness (QED) is 0.701. The Morgan fingerprint density at radius 1 is 1.20 bits per heavy atom. The molecule has 2 rings (SSSR count). The van der Waals surface area contributed by atoms with E-state index in [1.54, 1.807) is 0 Å². The molecule has 88 valence electrons. The number of nitrogens with zero attached hydrogens (tertiary/aromatic N) is 1. The predicted molar refractivity (Wildman–Crippen MR) is 65.1 cm³/mol. The van der Waals surface area contributed by atoms with Gasteiger partial charge in [0.2, 0.25) is 0 Å². The van der Waals surface area contributed by atoms with Gasteiger partial charge in [0.25, 0.3) is 0 Å². The molecule has 0 aromatic carbocycles. The number of hydrogen-bond donors (Lipinski definition) is 1. The molecule has 2 heteroatoms. The lowest BCUT2D eigenvalue weighted by Gasteiger charge is -2.33. The lowest BCUT2D eigenvalue weighted by atomic mass is 9.99. The van der Waals surface area contributed by atoms with E-state index < -0.39 is 0 Å². The third-order valence-electron chi connectivity index (χ3n) is 4.11. The van der Waals surface area contributed by atoms with Crippen LogP contribution in [0.5, 0.6) is 0 Å². The maximum absolute atomic E-state index is 3.48. The van der Waals surface area contributed by atoms with Gasteiger partial charge in [0.15, 0.2) is 0 Å². The normalized spacial score (nSPS) is 32.6. The summed E-state index contributed by atoms with van der Waals surface area (Å²) in [5.41, 5.74) is 0. The molecule has 0 radical (unpaired) electrons. The fraction of sp³-hybridized carbons (Fsp3) is 1.00. The first-order valence-electron chi connectivity index (χ1n) is 6.83. The van der Waals surface area contributed by atoms with E-state index in [4.69, 9.17) is 0 Å². The van der Waals surface area contributed by atoms with Crippen LogP contribution in [0, 0.1) is 0 Å². The highest BCUT2D eigenvalue weighted by Crippen LogP contribution is 2.17. The molecule has 2 heterocycles. The van der Waals surface area contributed by atoms with Crippen LogP contribution in [0.2, 0.25) is 0 Å². The summed E-state index contributed by atoms with van der Waals surface area (Å²) in [6.07, 6.45) is 9.94. The summed E-state index contributed by atoms with van der Waals surface area (Å²) < 4.78 is 0. The van der Waals surface area contributed by atoms with Gasteiger partial charge in [-0.15, -0.1) is 0 Å². The van der Waals surface area contributed by atoms with E-state index in [2.05, 4.69) is 17.1 Å². The molecule has 0 aromatic rings. The first-order valence-corrected chi connectivity index (χ1v) is 6.83. The van der Waals surface area contributed by atoms with Crippen molar-refractivity contribution >= 4 is 0 Å². The zero-order chi connectivity index (χ0) is 10.5. The lowest BCUT2D eigenvalue weighted by molar-refractivity contribution is 0.156. The van der Waals surface area contributed by atoms with Gasteiger partial charge in [0.05, 0.1) is 0 Å². The second-order valence-electron chi connectivity index (χ2n) is 5.32. The monoisotopic (exact) mass is 210 g/mol. The molecule has 2 saturated heterocycles. The molecule has 1 N–H and O–H groups in total. The van der Waals surface area contributed by atoms with Crippen LogP contribution >= 0.6 is 0 Å². The number of nitrogens with one attached hydrogen (secondary N) is 1. The van der Waals surface area contributed by atoms with Gasteiger partial charge >= 0.3 is 0 Å². The molecule has 0 amide bonds. The Bertz CT molecular complexity index is 177. The van der Waals surface area contributed by atoms with Crippen LogP contribution in [0.15, 0.2) is 0 Å². The second kappa shape index (κ2) is 5.86. The van der Waals surface area contributed by atoms with Crippen molar-refractivity contribution in [2.24, 2.45) is 0 Å². The molecular formula is C13H26N2. The van der Waals surface area contributed by atoms with Crippen molar-refractivity contribution in [2.75, 3.05) is 19.6 Å². The van der Waals surface area contributed by atoms with E-state index in [-0.39, 0.29) is 0 Å². The van der Waals surface area contributed by atoms with Crippen LogP contribution in [0.4, 0.5) is 0 Å². The second-order valence-corrected chi connectivity index (χ2v) is 5.32. The van der Waals surface area contributed by atoms with Crippen LogP contribution in [-0.2, 0) is 0 Å². The van der Waals surface area contributed by atoms with Crippen LogP contribution < -0.4 is 5.32 Å². The predicted octanol–water partition coefficient (Wildman–Crippen LogP) is 2.39. The first kappa shape index (κ1) is 11.4. The lowest BCUT2D eigenvalue weighted by Crippen LogP contribution is -2.42. The smallest absolute Gasteiger partial charge is 0.00791 e. The van der Waals surface area contributed by atoms with Crippen molar-refractivity contribution in [1.82, 2.24) is 10.2 Å². The molecule has 2 atom stereocenters. The minimum absolute atomic E-state index is 0.848. The molecule has 0 saturated carbocycles. The molecule has 15 heavy (non-hydrogen) atoms. The minimum atomic E-state index is 0.848. The van der Waals surface area contributed by atoms with Crippen molar-refractivity contribution in [3.8, 4) is 0 Å². The highest BCUT2D eigenvalue weighted by molar-refractivity contribution is 4.77. The fourth-order valence-corrected chi connectivity index (χ4v) is 2.79. The van der Waals surface area contributed by atoms with E-state index in [1.165, 1.54) is 64.6 Å². The molecule has 2 fully saturated rings. The van der Waals surface area contributed by atoms with Gasteiger partial charge in [-0.05, 0) is 58.7 Å². The van der Waals surface area contributed by atoms with Crippen LogP contribution in [0.25, 0.3) is 0 Å². The van der Waals surface area contributed by atoms with Gasteiger partial charge in [-0.25, -0.2) is 0 Å². The van der Waals surface area contributed by atoms with Gasteiger partial charge in [-0.3, -0.25) is 0 Å². The summed E-state index contributed by atoms with van der Waals surface area (Å²) in [5.74, 6) is 0. The summed E-state index contributed by atoms with van der Waals surface area (Å²) >= 11 is 0. The van der Waals surface area contributed by atoms with Gasteiger partial charge < -0.3 is 10.2 Å². The molecule has 0 bridgehead atoms. The summed E-state index contributed by atoms with van der Waals surface area (Å²) in [6.45, 7) is 6.34. The highest BCUT2D eigenvalue weighted by Gasteiger charge is 2.18. The van der Waals surface area contributed by atoms with Crippen molar-refractivity contribution < 1.29 is 0 Å². The molecule has 2 unspecified atom stereocenters. The SMILES string of the molecule is CC1CCCCN1CCCCC1CCN1. The molecule has 0 spiro atoms. The summed E-state index contributed by atoms with van der Waals surface area (Å²) in [5, 5.41) is 3.48. The van der Waals surface area contributed by atoms with Crippen molar-refractivity contribution in [3.05, 3.63) is 0 Å². The van der Waals surface area contributed by atoms with Crippen molar-refractivity contribution in [2.45, 2.75) is 64.0 Å². The number of rotatable bonds is 5. The maximum Gasteiger partial charge on any atom is 0.00791 e. The number of likely N-dealkylation sites (tertiary alicyclic amines) is 1. The van der Waals surface area contributed by atoms with E-state index in [1.807, 2.05) is 0 Å². The van der Waals surface area contributed by atoms with Crippen LogP contribution in [0.3, 0.4) is 0 Å². The molecule has 0 aliphatic carbocycles. The summed E-state index contributed by atoms with van der Waals surface area (Å²) in [6, 6.07) is 1.71. The van der Waals surface area contributed by atoms with Gasteiger partial charge in [0.1, 0.15) is 0 Å². The Kier molecular flexibility index (Phi) is 4.45. The van der Waals surface area contributed by atoms with Crippen molar-refractivity contribution in [1.29, 1.82) is 0 Å². The number of piperidine rings is 1. The van der Waals surface area contributed by atoms with Gasteiger partial charge in [0, 0.05) is 12.1 Å². The zero-order valence-electron chi connectivity index (χ0n) is 10.2. The van der Waals surface area contributed by atoms with E-state index in [9.17, 15) is 0 Å². The van der Waals surface area contributed by atoms with Crippen LogP contribution in [-0.4, -0.2) is 36.6 Å². The topological polar surface area (TPSA) is 15.3 Å². The highest BCUT2D eigenvalue weighted by atomic mass is 15.1. The fourth-order valence-electron chi connectivity index (χ4n) is 2.79.